The van der Waals surface area contributed by atoms with Gasteiger partial charge < -0.3 is 9.84 Å². The number of esters is 1. The first-order valence-electron chi connectivity index (χ1n) is 11.8. The molecule has 1 N–H and O–H groups in total. The Morgan fingerprint density at radius 3 is 2.77 bits per heavy atom. The monoisotopic (exact) mass is 431 g/mol. The van der Waals surface area contributed by atoms with Crippen LogP contribution in [-0.2, 0) is 11.2 Å². The van der Waals surface area contributed by atoms with Gasteiger partial charge in [0, 0.05) is 10.8 Å². The molecule has 1 heterocycles. The number of hydrogen-bond acceptors (Lipinski definition) is 5. The van der Waals surface area contributed by atoms with Crippen molar-refractivity contribution in [2.75, 3.05) is 7.11 Å². The predicted molar refractivity (Wildman–Crippen MR) is 120 cm³/mol. The molecule has 0 aliphatic heterocycles. The molecule has 1 unspecified atom stereocenters. The average molecular weight is 432 g/mol. The van der Waals surface area contributed by atoms with Crippen molar-refractivity contribution in [2.45, 2.75) is 90.1 Å². The molecule has 0 spiro atoms. The quantitative estimate of drug-likeness (QED) is 0.428. The maximum Gasteiger partial charge on any atom is 0.348 e. The van der Waals surface area contributed by atoms with E-state index in [2.05, 4.69) is 13.0 Å². The zero-order valence-corrected chi connectivity index (χ0v) is 19.4. The van der Waals surface area contributed by atoms with E-state index in [9.17, 15) is 15.2 Å². The molecule has 0 aromatic carbocycles. The van der Waals surface area contributed by atoms with E-state index in [1.807, 2.05) is 12.1 Å². The fourth-order valence-corrected chi connectivity index (χ4v) is 6.74. The van der Waals surface area contributed by atoms with Gasteiger partial charge in [0.05, 0.1) is 19.3 Å². The van der Waals surface area contributed by atoms with Crippen molar-refractivity contribution in [3.05, 3.63) is 21.9 Å². The molecule has 1 aromatic rings. The maximum absolute atomic E-state index is 11.6. The molecule has 2 aliphatic rings. The smallest absolute Gasteiger partial charge is 0.348 e. The van der Waals surface area contributed by atoms with Crippen LogP contribution in [0.1, 0.15) is 92.1 Å². The Bertz CT molecular complexity index is 727. The summed E-state index contributed by atoms with van der Waals surface area (Å²) in [5.41, 5.74) is 0.188. The molecule has 3 rings (SSSR count). The van der Waals surface area contributed by atoms with E-state index in [0.29, 0.717) is 16.7 Å². The van der Waals surface area contributed by atoms with E-state index in [1.54, 1.807) is 0 Å². The second-order valence-corrected chi connectivity index (χ2v) is 10.6. The molecule has 2 aliphatic carbocycles. The molecular weight excluding hydrogens is 394 g/mol. The highest BCUT2D eigenvalue weighted by atomic mass is 32.1. The molecule has 0 bridgehead atoms. The van der Waals surface area contributed by atoms with E-state index < -0.39 is 0 Å². The number of aliphatic hydroxyl groups is 1. The number of methoxy groups -OCH3 is 1. The van der Waals surface area contributed by atoms with Gasteiger partial charge in [0.1, 0.15) is 4.88 Å². The topological polar surface area (TPSA) is 70.3 Å². The van der Waals surface area contributed by atoms with Crippen LogP contribution in [0.5, 0.6) is 0 Å². The van der Waals surface area contributed by atoms with Gasteiger partial charge in [0.25, 0.3) is 0 Å². The van der Waals surface area contributed by atoms with Crippen LogP contribution >= 0.6 is 11.3 Å². The number of aryl methyl sites for hydroxylation is 1. The van der Waals surface area contributed by atoms with Gasteiger partial charge in [-0.1, -0.05) is 19.8 Å². The molecule has 30 heavy (non-hydrogen) atoms. The number of carbonyl (C=O) groups is 1. The number of nitriles is 1. The van der Waals surface area contributed by atoms with Gasteiger partial charge in [-0.15, -0.1) is 11.3 Å². The van der Waals surface area contributed by atoms with Crippen LogP contribution in [0.15, 0.2) is 12.1 Å². The lowest BCUT2D eigenvalue weighted by atomic mass is 9.62. The van der Waals surface area contributed by atoms with E-state index in [4.69, 9.17) is 4.74 Å². The van der Waals surface area contributed by atoms with Gasteiger partial charge in [-0.05, 0) is 93.6 Å². The third-order valence-corrected chi connectivity index (χ3v) is 9.08. The second-order valence-electron chi connectivity index (χ2n) is 9.40. The van der Waals surface area contributed by atoms with Crippen LogP contribution in [0.25, 0.3) is 0 Å². The third-order valence-electron chi connectivity index (χ3n) is 7.96. The SMILES string of the molecule is CCC1(C(O)CCC[C@@H]2[C@@H](CCCc3ccc(C(=O)OC)s3)CC[C@@H]2C#N)CCC1. The molecule has 4 atom stereocenters. The number of nitrogens with zero attached hydrogens (tertiary/aromatic N) is 1. The molecule has 0 saturated heterocycles. The fraction of sp³-hybridized carbons (Fsp3) is 0.760. The standard InChI is InChI=1S/C25H37NO3S/c1-3-25(15-6-16-25)23(27)10-5-9-21-18(11-12-19(21)17-26)7-4-8-20-13-14-22(30-20)24(28)29-2/h13-14,18-19,21,23,27H,3-12,15-16H2,1-2H3/t18-,19+,21+,23?/m0/s1. The summed E-state index contributed by atoms with van der Waals surface area (Å²) in [6.45, 7) is 2.21. The lowest BCUT2D eigenvalue weighted by Gasteiger charge is -2.45. The van der Waals surface area contributed by atoms with Gasteiger partial charge in [0.15, 0.2) is 0 Å². The van der Waals surface area contributed by atoms with E-state index in [1.165, 1.54) is 42.6 Å². The number of ether oxygens (including phenoxy) is 1. The summed E-state index contributed by atoms with van der Waals surface area (Å²) >= 11 is 1.53. The van der Waals surface area contributed by atoms with Crippen molar-refractivity contribution < 1.29 is 14.6 Å². The normalized spacial score (nSPS) is 26.0. The zero-order valence-electron chi connectivity index (χ0n) is 18.6. The Labute approximate surface area is 185 Å². The molecule has 2 saturated carbocycles. The van der Waals surface area contributed by atoms with Crippen molar-refractivity contribution in [1.29, 1.82) is 5.26 Å². The van der Waals surface area contributed by atoms with Gasteiger partial charge in [0.2, 0.25) is 0 Å². The maximum atomic E-state index is 11.6. The number of rotatable bonds is 11. The largest absolute Gasteiger partial charge is 0.465 e. The van der Waals surface area contributed by atoms with Crippen molar-refractivity contribution in [3.8, 4) is 6.07 Å². The minimum atomic E-state index is -0.257. The Morgan fingerprint density at radius 1 is 1.33 bits per heavy atom. The molecule has 1 aromatic heterocycles. The first-order chi connectivity index (χ1) is 14.5. The number of carbonyl (C=O) groups excluding carboxylic acids is 1. The van der Waals surface area contributed by atoms with Crippen LogP contribution in [0.2, 0.25) is 0 Å². The van der Waals surface area contributed by atoms with Crippen LogP contribution < -0.4 is 0 Å². The Hall–Kier alpha value is -1.38. The predicted octanol–water partition coefficient (Wildman–Crippen LogP) is 6.13. The van der Waals surface area contributed by atoms with Gasteiger partial charge >= 0.3 is 5.97 Å². The highest BCUT2D eigenvalue weighted by Crippen LogP contribution is 2.48. The Kier molecular flexibility index (Phi) is 8.36. The minimum Gasteiger partial charge on any atom is -0.465 e. The molecule has 2 fully saturated rings. The Morgan fingerprint density at radius 2 is 2.13 bits per heavy atom. The number of thiophene rings is 1. The van der Waals surface area contributed by atoms with Crippen molar-refractivity contribution in [2.24, 2.45) is 23.2 Å². The van der Waals surface area contributed by atoms with Crippen LogP contribution in [0.3, 0.4) is 0 Å². The summed E-state index contributed by atoms with van der Waals surface area (Å²) in [6.07, 6.45) is 13.0. The summed E-state index contributed by atoms with van der Waals surface area (Å²) in [6, 6.07) is 6.45. The molecule has 166 valence electrons. The van der Waals surface area contributed by atoms with Crippen LogP contribution in [0.4, 0.5) is 0 Å². The van der Waals surface area contributed by atoms with Gasteiger partial charge in [-0.25, -0.2) is 4.79 Å². The van der Waals surface area contributed by atoms with Crippen molar-refractivity contribution in [1.82, 2.24) is 0 Å². The van der Waals surface area contributed by atoms with Crippen LogP contribution in [-0.4, -0.2) is 24.3 Å². The van der Waals surface area contributed by atoms with E-state index >= 15 is 0 Å². The number of aliphatic hydroxyl groups excluding tert-OH is 1. The summed E-state index contributed by atoms with van der Waals surface area (Å²) in [4.78, 5) is 13.5. The summed E-state index contributed by atoms with van der Waals surface area (Å²) in [5, 5.41) is 20.3. The highest BCUT2D eigenvalue weighted by molar-refractivity contribution is 7.13. The minimum absolute atomic E-state index is 0.167. The molecule has 0 radical (unpaired) electrons. The van der Waals surface area contributed by atoms with Gasteiger partial charge in [-0.2, -0.15) is 5.26 Å². The average Bonchev–Trinajstić information content (AvgIpc) is 3.34. The first-order valence-corrected chi connectivity index (χ1v) is 12.6. The molecule has 4 nitrogen and oxygen atoms in total. The van der Waals surface area contributed by atoms with E-state index in [-0.39, 0.29) is 23.4 Å². The van der Waals surface area contributed by atoms with Crippen LogP contribution in [0, 0.1) is 34.5 Å². The fourth-order valence-electron chi connectivity index (χ4n) is 5.77. The lowest BCUT2D eigenvalue weighted by molar-refractivity contribution is -0.0438. The van der Waals surface area contributed by atoms with Crippen molar-refractivity contribution >= 4 is 17.3 Å². The first kappa shape index (κ1) is 23.3. The highest BCUT2D eigenvalue weighted by Gasteiger charge is 2.41. The Balaban J connectivity index is 1.45. The summed E-state index contributed by atoms with van der Waals surface area (Å²) < 4.78 is 4.79. The zero-order chi connectivity index (χ0) is 21.6. The molecular formula is C25H37NO3S. The third kappa shape index (κ3) is 5.26. The summed E-state index contributed by atoms with van der Waals surface area (Å²) in [7, 11) is 1.42. The van der Waals surface area contributed by atoms with E-state index in [0.717, 1.165) is 57.8 Å². The number of hydrogen-bond donors (Lipinski definition) is 1. The second kappa shape index (κ2) is 10.8. The van der Waals surface area contributed by atoms with Crippen molar-refractivity contribution in [3.63, 3.8) is 0 Å². The molecule has 5 heteroatoms. The van der Waals surface area contributed by atoms with Gasteiger partial charge in [-0.3, -0.25) is 0 Å². The summed E-state index contributed by atoms with van der Waals surface area (Å²) in [5.74, 6) is 1.03. The molecule has 0 amide bonds. The lowest BCUT2D eigenvalue weighted by Crippen LogP contribution is -2.40.